The summed E-state index contributed by atoms with van der Waals surface area (Å²) in [7, 11) is -3.88. The molecule has 8 nitrogen and oxygen atoms in total. The highest BCUT2D eigenvalue weighted by molar-refractivity contribution is 7.89. The van der Waals surface area contributed by atoms with E-state index in [1.165, 1.54) is 9.87 Å². The molecule has 2 aliphatic rings. The molecule has 1 aromatic heterocycles. The molecule has 1 atom stereocenters. The third-order valence-electron chi connectivity index (χ3n) is 6.63. The first-order chi connectivity index (χ1) is 16.2. The molecule has 184 valence electrons. The molecule has 2 fully saturated rings. The molecule has 0 unspecified atom stereocenters. The van der Waals surface area contributed by atoms with Gasteiger partial charge >= 0.3 is 0 Å². The van der Waals surface area contributed by atoms with Crippen molar-refractivity contribution < 1.29 is 22.5 Å². The third kappa shape index (κ3) is 4.96. The number of carbonyl (C=O) groups excluding carboxylic acids is 1. The van der Waals surface area contributed by atoms with Gasteiger partial charge in [0, 0.05) is 26.2 Å². The molecular weight excluding hydrogens is 454 g/mol. The predicted molar refractivity (Wildman–Crippen MR) is 130 cm³/mol. The monoisotopic (exact) mass is 487 g/mol. The number of hydrogen-bond acceptors (Lipinski definition) is 6. The smallest absolute Gasteiger partial charge is 0.248 e. The number of rotatable bonds is 5. The summed E-state index contributed by atoms with van der Waals surface area (Å²) in [5.74, 6) is -0.132. The van der Waals surface area contributed by atoms with Crippen LogP contribution < -0.4 is 0 Å². The van der Waals surface area contributed by atoms with E-state index in [2.05, 4.69) is 17.3 Å². The number of aromatic nitrogens is 1. The molecule has 2 aliphatic heterocycles. The molecule has 1 aromatic carbocycles. The maximum absolute atomic E-state index is 13.7. The van der Waals surface area contributed by atoms with Crippen LogP contribution in [-0.2, 0) is 19.6 Å². The lowest BCUT2D eigenvalue weighted by Crippen LogP contribution is -2.49. The molecule has 4 rings (SSSR count). The number of aryl methyl sites for hydroxylation is 4. The lowest BCUT2D eigenvalue weighted by molar-refractivity contribution is -0.140. The van der Waals surface area contributed by atoms with E-state index >= 15 is 0 Å². The Balaban J connectivity index is 1.58. The summed E-state index contributed by atoms with van der Waals surface area (Å²) in [6.45, 7) is 10.4. The number of morpholine rings is 1. The van der Waals surface area contributed by atoms with Crippen LogP contribution in [0.15, 0.2) is 21.6 Å². The normalized spacial score (nSPS) is 20.2. The van der Waals surface area contributed by atoms with Gasteiger partial charge < -0.3 is 14.2 Å². The summed E-state index contributed by atoms with van der Waals surface area (Å²) in [5.41, 5.74) is 4.73. The maximum Gasteiger partial charge on any atom is 0.248 e. The number of sulfonamides is 1. The Hall–Kier alpha value is -2.49. The van der Waals surface area contributed by atoms with Gasteiger partial charge in [0.25, 0.3) is 0 Å². The van der Waals surface area contributed by atoms with Crippen LogP contribution >= 0.6 is 0 Å². The lowest BCUT2D eigenvalue weighted by Gasteiger charge is -2.35. The highest BCUT2D eigenvalue weighted by atomic mass is 32.2. The van der Waals surface area contributed by atoms with Crippen molar-refractivity contribution in [1.29, 1.82) is 0 Å². The van der Waals surface area contributed by atoms with Gasteiger partial charge in [-0.25, -0.2) is 8.42 Å². The van der Waals surface area contributed by atoms with E-state index in [9.17, 15) is 13.2 Å². The fraction of sp³-hybridized carbons (Fsp3) is 0.520. The molecule has 0 aliphatic carbocycles. The summed E-state index contributed by atoms with van der Waals surface area (Å²) < 4.78 is 39.5. The summed E-state index contributed by atoms with van der Waals surface area (Å²) in [5, 5.41) is 3.96. The van der Waals surface area contributed by atoms with Gasteiger partial charge in [-0.3, -0.25) is 4.79 Å². The molecule has 9 heteroatoms. The zero-order valence-corrected chi connectivity index (χ0v) is 21.2. The largest absolute Gasteiger partial charge is 0.378 e. The second-order valence-corrected chi connectivity index (χ2v) is 11.1. The summed E-state index contributed by atoms with van der Waals surface area (Å²) >= 11 is 0. The minimum absolute atomic E-state index is 0.00989. The highest BCUT2D eigenvalue weighted by Gasteiger charge is 2.38. The number of benzene rings is 1. The summed E-state index contributed by atoms with van der Waals surface area (Å²) in [4.78, 5) is 14.9. The van der Waals surface area contributed by atoms with Crippen LogP contribution in [-0.4, -0.2) is 68.1 Å². The highest BCUT2D eigenvalue weighted by Crippen LogP contribution is 2.30. The van der Waals surface area contributed by atoms with Crippen molar-refractivity contribution in [1.82, 2.24) is 14.4 Å². The van der Waals surface area contributed by atoms with Gasteiger partial charge in [-0.15, -0.1) is 0 Å². The van der Waals surface area contributed by atoms with Crippen LogP contribution in [0.5, 0.6) is 0 Å². The molecule has 1 amide bonds. The molecule has 3 heterocycles. The minimum Gasteiger partial charge on any atom is -0.378 e. The number of nitrogens with zero attached hydrogens (tertiary/aromatic N) is 3. The first kappa shape index (κ1) is 24.6. The second kappa shape index (κ2) is 10.0. The molecule has 0 bridgehead atoms. The van der Waals surface area contributed by atoms with Gasteiger partial charge in [0.05, 0.1) is 19.1 Å². The molecule has 0 spiro atoms. The van der Waals surface area contributed by atoms with E-state index in [0.717, 1.165) is 16.7 Å². The number of hydrogen-bond donors (Lipinski definition) is 0. The number of ether oxygens (including phenoxy) is 1. The van der Waals surface area contributed by atoms with Crippen molar-refractivity contribution in [3.05, 3.63) is 45.8 Å². The van der Waals surface area contributed by atoms with Crippen LogP contribution in [0.25, 0.3) is 12.2 Å². The molecule has 0 saturated carbocycles. The van der Waals surface area contributed by atoms with E-state index in [1.807, 2.05) is 26.8 Å². The van der Waals surface area contributed by atoms with Gasteiger partial charge in [-0.05, 0) is 63.3 Å². The number of piperidine rings is 1. The van der Waals surface area contributed by atoms with Crippen LogP contribution in [0.1, 0.15) is 46.5 Å². The Morgan fingerprint density at radius 1 is 1.06 bits per heavy atom. The number of amides is 1. The molecule has 2 aromatic rings. The fourth-order valence-corrected chi connectivity index (χ4v) is 6.72. The average molecular weight is 488 g/mol. The molecule has 2 saturated heterocycles. The van der Waals surface area contributed by atoms with E-state index in [-0.39, 0.29) is 29.0 Å². The molecule has 0 N–H and O–H groups in total. The van der Waals surface area contributed by atoms with E-state index in [4.69, 9.17) is 9.26 Å². The summed E-state index contributed by atoms with van der Waals surface area (Å²) in [6, 6.07) is 4.19. The first-order valence-electron chi connectivity index (χ1n) is 11.8. The third-order valence-corrected chi connectivity index (χ3v) is 8.65. The van der Waals surface area contributed by atoms with Crippen molar-refractivity contribution in [2.75, 3.05) is 39.4 Å². The second-order valence-electron chi connectivity index (χ2n) is 9.25. The molecule has 34 heavy (non-hydrogen) atoms. The van der Waals surface area contributed by atoms with Gasteiger partial charge in [0.15, 0.2) is 10.7 Å². The Kier molecular flexibility index (Phi) is 7.25. The SMILES string of the molecule is Cc1cc(C)c(/C=C/c2onc(C)c2S(=O)(=O)N2CCC[C@H](C(=O)N3CCOCC3)C2)c(C)c1. The Bertz CT molecular complexity index is 1170. The average Bonchev–Trinajstić information content (AvgIpc) is 3.19. The quantitative estimate of drug-likeness (QED) is 0.642. The van der Waals surface area contributed by atoms with Crippen molar-refractivity contribution in [2.24, 2.45) is 5.92 Å². The topological polar surface area (TPSA) is 93.0 Å². The summed E-state index contributed by atoms with van der Waals surface area (Å²) in [6.07, 6.45) is 4.88. The van der Waals surface area contributed by atoms with Crippen LogP contribution in [0.2, 0.25) is 0 Å². The standard InChI is InChI=1S/C25H33N3O5S/c1-17-14-18(2)22(19(3)15-17)7-8-23-24(20(4)26-33-23)34(30,31)28-9-5-6-21(16-28)25(29)27-10-12-32-13-11-27/h7-8,14-15,21H,5-6,9-13,16H2,1-4H3/b8-7+/t21-/m0/s1. The van der Waals surface area contributed by atoms with E-state index < -0.39 is 10.0 Å². The van der Waals surface area contributed by atoms with E-state index in [1.54, 1.807) is 17.9 Å². The van der Waals surface area contributed by atoms with Gasteiger partial charge in [-0.2, -0.15) is 4.31 Å². The Morgan fingerprint density at radius 2 is 1.74 bits per heavy atom. The predicted octanol–water partition coefficient (Wildman–Crippen LogP) is 3.34. The van der Waals surface area contributed by atoms with Crippen LogP contribution in [0, 0.1) is 33.6 Å². The Labute approximate surface area is 201 Å². The first-order valence-corrected chi connectivity index (χ1v) is 13.2. The zero-order valence-electron chi connectivity index (χ0n) is 20.3. The number of carbonyl (C=O) groups is 1. The molecular formula is C25H33N3O5S. The van der Waals surface area contributed by atoms with Crippen molar-refractivity contribution >= 4 is 28.1 Å². The lowest BCUT2D eigenvalue weighted by atomic mass is 9.98. The van der Waals surface area contributed by atoms with Crippen LogP contribution in [0.4, 0.5) is 0 Å². The van der Waals surface area contributed by atoms with Gasteiger partial charge in [0.1, 0.15) is 5.69 Å². The van der Waals surface area contributed by atoms with E-state index in [0.29, 0.717) is 51.4 Å². The van der Waals surface area contributed by atoms with Gasteiger partial charge in [-0.1, -0.05) is 28.9 Å². The van der Waals surface area contributed by atoms with Crippen molar-refractivity contribution in [3.63, 3.8) is 0 Å². The van der Waals surface area contributed by atoms with Crippen LogP contribution in [0.3, 0.4) is 0 Å². The van der Waals surface area contributed by atoms with Crippen molar-refractivity contribution in [2.45, 2.75) is 45.4 Å². The maximum atomic E-state index is 13.7. The van der Waals surface area contributed by atoms with Crippen molar-refractivity contribution in [3.8, 4) is 0 Å². The zero-order chi connectivity index (χ0) is 24.5. The fourth-order valence-electron chi connectivity index (χ4n) is 4.95. The minimum atomic E-state index is -3.88. The Morgan fingerprint density at radius 3 is 2.41 bits per heavy atom. The van der Waals surface area contributed by atoms with Gasteiger partial charge in [0.2, 0.25) is 15.9 Å². The molecule has 0 radical (unpaired) electrons.